The van der Waals surface area contributed by atoms with E-state index in [9.17, 15) is 4.79 Å². The molecule has 0 fully saturated rings. The van der Waals surface area contributed by atoms with Crippen LogP contribution in [0.25, 0.3) is 0 Å². The van der Waals surface area contributed by atoms with Crippen LogP contribution in [0.1, 0.15) is 5.56 Å². The highest BCUT2D eigenvalue weighted by atomic mass is 35.5. The summed E-state index contributed by atoms with van der Waals surface area (Å²) in [5.74, 6) is 1.10. The van der Waals surface area contributed by atoms with Gasteiger partial charge in [-0.25, -0.2) is 0 Å². The summed E-state index contributed by atoms with van der Waals surface area (Å²) in [4.78, 5) is 11.4. The van der Waals surface area contributed by atoms with Crippen LogP contribution in [0.5, 0.6) is 0 Å². The number of hydrogen-bond donors (Lipinski definition) is 1. The lowest BCUT2D eigenvalue weighted by Gasteiger charge is -2.06. The second kappa shape index (κ2) is 8.64. The van der Waals surface area contributed by atoms with E-state index >= 15 is 0 Å². The zero-order valence-electron chi connectivity index (χ0n) is 10.0. The predicted octanol–water partition coefficient (Wildman–Crippen LogP) is 2.99. The van der Waals surface area contributed by atoms with Gasteiger partial charge in [0.05, 0.1) is 12.4 Å². The summed E-state index contributed by atoms with van der Waals surface area (Å²) in [5.41, 5.74) is 0.982. The number of halogens is 2. The summed E-state index contributed by atoms with van der Waals surface area (Å²) in [6.07, 6.45) is 0. The summed E-state index contributed by atoms with van der Waals surface area (Å²) in [6, 6.07) is 5.38. The van der Waals surface area contributed by atoms with Crippen LogP contribution in [-0.4, -0.2) is 31.9 Å². The Labute approximate surface area is 121 Å². The van der Waals surface area contributed by atoms with Gasteiger partial charge in [-0.15, -0.1) is 11.8 Å². The Kier molecular flexibility index (Phi) is 7.51. The molecule has 0 atom stereocenters. The number of rotatable bonds is 7. The molecule has 0 aliphatic carbocycles. The second-order valence-electron chi connectivity index (χ2n) is 3.57. The largest absolute Gasteiger partial charge is 0.383 e. The van der Waals surface area contributed by atoms with Gasteiger partial charge >= 0.3 is 0 Å². The average Bonchev–Trinajstić information content (AvgIpc) is 2.32. The van der Waals surface area contributed by atoms with E-state index in [2.05, 4.69) is 5.32 Å². The minimum atomic E-state index is 0.00198. The van der Waals surface area contributed by atoms with Gasteiger partial charge in [0.2, 0.25) is 5.91 Å². The number of ether oxygens (including phenoxy) is 1. The molecule has 100 valence electrons. The third kappa shape index (κ3) is 5.96. The number of nitrogens with one attached hydrogen (secondary N) is 1. The van der Waals surface area contributed by atoms with Gasteiger partial charge < -0.3 is 10.1 Å². The van der Waals surface area contributed by atoms with E-state index in [1.54, 1.807) is 19.2 Å². The number of carbonyl (C=O) groups is 1. The summed E-state index contributed by atoms with van der Waals surface area (Å²) in [6.45, 7) is 1.07. The molecule has 0 spiro atoms. The molecule has 0 unspecified atom stereocenters. The molecule has 0 aromatic heterocycles. The Morgan fingerprint density at radius 2 is 2.22 bits per heavy atom. The number of carbonyl (C=O) groups excluding carboxylic acids is 1. The molecular weight excluding hydrogens is 293 g/mol. The van der Waals surface area contributed by atoms with Crippen molar-refractivity contribution in [2.75, 3.05) is 26.0 Å². The van der Waals surface area contributed by atoms with Crippen molar-refractivity contribution in [3.63, 3.8) is 0 Å². The Balaban J connectivity index is 2.26. The van der Waals surface area contributed by atoms with E-state index in [1.165, 1.54) is 11.8 Å². The lowest BCUT2D eigenvalue weighted by Crippen LogP contribution is -2.28. The van der Waals surface area contributed by atoms with Gasteiger partial charge in [-0.1, -0.05) is 29.3 Å². The van der Waals surface area contributed by atoms with Crippen LogP contribution in [0, 0.1) is 0 Å². The molecule has 1 amide bonds. The highest BCUT2D eigenvalue weighted by Crippen LogP contribution is 2.24. The van der Waals surface area contributed by atoms with Crippen LogP contribution < -0.4 is 5.32 Å². The number of methoxy groups -OCH3 is 1. The first kappa shape index (κ1) is 15.6. The quantitative estimate of drug-likeness (QED) is 0.787. The monoisotopic (exact) mass is 307 g/mol. The van der Waals surface area contributed by atoms with Crippen molar-refractivity contribution in [2.24, 2.45) is 0 Å². The molecule has 0 radical (unpaired) electrons. The first-order chi connectivity index (χ1) is 8.63. The molecule has 6 heteroatoms. The summed E-state index contributed by atoms with van der Waals surface area (Å²) >= 11 is 13.3. The normalized spacial score (nSPS) is 10.4. The number of benzene rings is 1. The van der Waals surface area contributed by atoms with E-state index in [4.69, 9.17) is 27.9 Å². The second-order valence-corrected chi connectivity index (χ2v) is 5.40. The SMILES string of the molecule is COCCNC(=O)CSCc1ccc(Cl)cc1Cl. The van der Waals surface area contributed by atoms with Crippen LogP contribution in [0.15, 0.2) is 18.2 Å². The van der Waals surface area contributed by atoms with Crippen molar-refractivity contribution < 1.29 is 9.53 Å². The van der Waals surface area contributed by atoms with Crippen LogP contribution in [0.4, 0.5) is 0 Å². The molecule has 1 aromatic carbocycles. The standard InChI is InChI=1S/C12H15Cl2NO2S/c1-17-5-4-15-12(16)8-18-7-9-2-3-10(13)6-11(9)14/h2-3,6H,4-5,7-8H2,1H3,(H,15,16). The van der Waals surface area contributed by atoms with Gasteiger partial charge in [-0.2, -0.15) is 0 Å². The van der Waals surface area contributed by atoms with E-state index in [1.807, 2.05) is 6.07 Å². The molecule has 1 N–H and O–H groups in total. The molecule has 1 rings (SSSR count). The fourth-order valence-electron chi connectivity index (χ4n) is 1.24. The fraction of sp³-hybridized carbons (Fsp3) is 0.417. The van der Waals surface area contributed by atoms with E-state index in [0.717, 1.165) is 5.56 Å². The van der Waals surface area contributed by atoms with E-state index < -0.39 is 0 Å². The summed E-state index contributed by atoms with van der Waals surface area (Å²) in [7, 11) is 1.60. The third-order valence-corrected chi connectivity index (χ3v) is 3.70. The van der Waals surface area contributed by atoms with Crippen LogP contribution >= 0.6 is 35.0 Å². The van der Waals surface area contributed by atoms with Crippen molar-refractivity contribution in [2.45, 2.75) is 5.75 Å². The zero-order chi connectivity index (χ0) is 13.4. The minimum absolute atomic E-state index is 0.00198. The molecule has 0 aliphatic heterocycles. The molecule has 0 heterocycles. The van der Waals surface area contributed by atoms with Gasteiger partial charge in [-0.05, 0) is 17.7 Å². The maximum atomic E-state index is 11.4. The highest BCUT2D eigenvalue weighted by Gasteiger charge is 2.04. The molecule has 0 aliphatic rings. The van der Waals surface area contributed by atoms with E-state index in [-0.39, 0.29) is 5.91 Å². The fourth-order valence-corrected chi connectivity index (χ4v) is 2.65. The van der Waals surface area contributed by atoms with E-state index in [0.29, 0.717) is 34.7 Å². The van der Waals surface area contributed by atoms with Gasteiger partial charge in [0.1, 0.15) is 0 Å². The maximum Gasteiger partial charge on any atom is 0.230 e. The lowest BCUT2D eigenvalue weighted by molar-refractivity contribution is -0.118. The first-order valence-corrected chi connectivity index (χ1v) is 7.32. The Hall–Kier alpha value is -0.420. The summed E-state index contributed by atoms with van der Waals surface area (Å²) in [5, 5.41) is 4.01. The molecule has 0 saturated carbocycles. The Morgan fingerprint density at radius 3 is 2.89 bits per heavy atom. The average molecular weight is 308 g/mol. The molecular formula is C12H15Cl2NO2S. The minimum Gasteiger partial charge on any atom is -0.383 e. The zero-order valence-corrected chi connectivity index (χ0v) is 12.4. The van der Waals surface area contributed by atoms with Crippen molar-refractivity contribution in [3.8, 4) is 0 Å². The number of hydrogen-bond acceptors (Lipinski definition) is 3. The highest BCUT2D eigenvalue weighted by molar-refractivity contribution is 7.99. The van der Waals surface area contributed by atoms with Crippen molar-refractivity contribution in [3.05, 3.63) is 33.8 Å². The van der Waals surface area contributed by atoms with Crippen LogP contribution in [0.2, 0.25) is 10.0 Å². The van der Waals surface area contributed by atoms with Crippen molar-refractivity contribution in [1.82, 2.24) is 5.32 Å². The molecule has 0 bridgehead atoms. The smallest absolute Gasteiger partial charge is 0.230 e. The Morgan fingerprint density at radius 1 is 1.44 bits per heavy atom. The number of thioether (sulfide) groups is 1. The molecule has 3 nitrogen and oxygen atoms in total. The van der Waals surface area contributed by atoms with Gasteiger partial charge in [0.25, 0.3) is 0 Å². The topological polar surface area (TPSA) is 38.3 Å². The molecule has 18 heavy (non-hydrogen) atoms. The summed E-state index contributed by atoms with van der Waals surface area (Å²) < 4.78 is 4.84. The maximum absolute atomic E-state index is 11.4. The lowest BCUT2D eigenvalue weighted by atomic mass is 10.2. The van der Waals surface area contributed by atoms with Crippen molar-refractivity contribution in [1.29, 1.82) is 0 Å². The Bertz CT molecular complexity index is 402. The molecule has 0 saturated heterocycles. The van der Waals surface area contributed by atoms with Crippen LogP contribution in [-0.2, 0) is 15.3 Å². The first-order valence-electron chi connectivity index (χ1n) is 5.41. The molecule has 1 aromatic rings. The van der Waals surface area contributed by atoms with Gasteiger partial charge in [0, 0.05) is 29.5 Å². The number of amides is 1. The third-order valence-electron chi connectivity index (χ3n) is 2.13. The van der Waals surface area contributed by atoms with Crippen LogP contribution in [0.3, 0.4) is 0 Å². The predicted molar refractivity (Wildman–Crippen MR) is 77.5 cm³/mol. The van der Waals surface area contributed by atoms with Gasteiger partial charge in [0.15, 0.2) is 0 Å². The van der Waals surface area contributed by atoms with Crippen molar-refractivity contribution >= 4 is 40.9 Å². The van der Waals surface area contributed by atoms with Gasteiger partial charge in [-0.3, -0.25) is 4.79 Å².